The second-order valence-corrected chi connectivity index (χ2v) is 6.31. The summed E-state index contributed by atoms with van der Waals surface area (Å²) in [5.74, 6) is -0.931. The highest BCUT2D eigenvalue weighted by atomic mass is 32.1. The minimum atomic E-state index is -0.523. The van der Waals surface area contributed by atoms with Crippen molar-refractivity contribution in [1.29, 1.82) is 0 Å². The zero-order valence-electron chi connectivity index (χ0n) is 13.5. The molecule has 0 aliphatic rings. The third-order valence-electron chi connectivity index (χ3n) is 3.67. The smallest absolute Gasteiger partial charge is 0.340 e. The lowest BCUT2D eigenvalue weighted by atomic mass is 9.98. The van der Waals surface area contributed by atoms with Crippen LogP contribution in [0.1, 0.15) is 27.0 Å². The molecule has 0 N–H and O–H groups in total. The van der Waals surface area contributed by atoms with Gasteiger partial charge in [0.1, 0.15) is 5.82 Å². The highest BCUT2D eigenvalue weighted by molar-refractivity contribution is 7.18. The van der Waals surface area contributed by atoms with Crippen molar-refractivity contribution in [3.8, 4) is 21.6 Å². The van der Waals surface area contributed by atoms with Gasteiger partial charge in [-0.3, -0.25) is 4.79 Å². The number of benzene rings is 2. The number of halogens is 1. The molecule has 5 heteroatoms. The van der Waals surface area contributed by atoms with Crippen LogP contribution < -0.4 is 0 Å². The molecule has 1 aromatic heterocycles. The molecule has 0 saturated carbocycles. The Kier molecular flexibility index (Phi) is 5.05. The fourth-order valence-corrected chi connectivity index (χ4v) is 3.78. The van der Waals surface area contributed by atoms with Crippen LogP contribution in [0.4, 0.5) is 4.39 Å². The Morgan fingerprint density at radius 1 is 1.12 bits per heavy atom. The van der Waals surface area contributed by atoms with Crippen molar-refractivity contribution in [2.75, 3.05) is 6.61 Å². The van der Waals surface area contributed by atoms with Gasteiger partial charge in [-0.1, -0.05) is 42.5 Å². The van der Waals surface area contributed by atoms with Crippen molar-refractivity contribution >= 4 is 23.6 Å². The highest BCUT2D eigenvalue weighted by Gasteiger charge is 2.26. The lowest BCUT2D eigenvalue weighted by molar-refractivity contribution is 0.0528. The Hall–Kier alpha value is -2.79. The van der Waals surface area contributed by atoms with Crippen LogP contribution in [0.3, 0.4) is 0 Å². The minimum Gasteiger partial charge on any atom is -0.462 e. The van der Waals surface area contributed by atoms with Gasteiger partial charge in [0, 0.05) is 5.56 Å². The van der Waals surface area contributed by atoms with Gasteiger partial charge in [0.15, 0.2) is 6.29 Å². The largest absolute Gasteiger partial charge is 0.462 e. The molecule has 0 radical (unpaired) electrons. The van der Waals surface area contributed by atoms with E-state index in [1.165, 1.54) is 12.1 Å². The Balaban J connectivity index is 2.30. The zero-order valence-corrected chi connectivity index (χ0v) is 14.3. The zero-order chi connectivity index (χ0) is 17.8. The molecule has 25 heavy (non-hydrogen) atoms. The van der Waals surface area contributed by atoms with E-state index < -0.39 is 11.8 Å². The van der Waals surface area contributed by atoms with Crippen molar-refractivity contribution in [3.05, 3.63) is 70.9 Å². The Labute approximate surface area is 148 Å². The molecular weight excluding hydrogens is 339 g/mol. The summed E-state index contributed by atoms with van der Waals surface area (Å²) in [6.07, 6.45) is 0.721. The summed E-state index contributed by atoms with van der Waals surface area (Å²) in [5, 5.41) is 0. The fraction of sp³-hybridized carbons (Fsp3) is 0.100. The van der Waals surface area contributed by atoms with E-state index in [2.05, 4.69) is 0 Å². The van der Waals surface area contributed by atoms with Crippen molar-refractivity contribution < 1.29 is 18.7 Å². The number of rotatable bonds is 5. The average Bonchev–Trinajstić information content (AvgIpc) is 3.02. The maximum atomic E-state index is 13.7. The predicted octanol–water partition coefficient (Wildman–Crippen LogP) is 5.21. The van der Waals surface area contributed by atoms with Gasteiger partial charge in [-0.25, -0.2) is 9.18 Å². The van der Waals surface area contributed by atoms with E-state index in [4.69, 9.17) is 4.74 Å². The van der Waals surface area contributed by atoms with Crippen LogP contribution in [-0.4, -0.2) is 18.9 Å². The third kappa shape index (κ3) is 3.37. The maximum absolute atomic E-state index is 13.7. The van der Waals surface area contributed by atoms with Crippen molar-refractivity contribution in [3.63, 3.8) is 0 Å². The molecule has 0 spiro atoms. The van der Waals surface area contributed by atoms with Crippen LogP contribution in [0.15, 0.2) is 54.6 Å². The van der Waals surface area contributed by atoms with E-state index in [9.17, 15) is 14.0 Å². The fourth-order valence-electron chi connectivity index (χ4n) is 2.65. The quantitative estimate of drug-likeness (QED) is 0.467. The van der Waals surface area contributed by atoms with Gasteiger partial charge in [-0.2, -0.15) is 0 Å². The molecule has 0 saturated heterocycles. The Bertz CT molecular complexity index is 916. The van der Waals surface area contributed by atoms with Gasteiger partial charge in [0.25, 0.3) is 0 Å². The van der Waals surface area contributed by atoms with Crippen LogP contribution in [0, 0.1) is 5.82 Å². The predicted molar refractivity (Wildman–Crippen MR) is 96.5 cm³/mol. The first-order chi connectivity index (χ1) is 12.2. The summed E-state index contributed by atoms with van der Waals surface area (Å²) < 4.78 is 18.9. The SMILES string of the molecule is CCOC(=O)c1c(-c2cccc(F)c2)sc(C=O)c1-c1ccccc1. The molecule has 0 unspecified atom stereocenters. The lowest BCUT2D eigenvalue weighted by Crippen LogP contribution is -2.06. The van der Waals surface area contributed by atoms with E-state index in [1.54, 1.807) is 19.1 Å². The third-order valence-corrected chi connectivity index (χ3v) is 4.84. The second kappa shape index (κ2) is 7.40. The van der Waals surface area contributed by atoms with Gasteiger partial charge in [0.2, 0.25) is 0 Å². The number of carbonyl (C=O) groups excluding carboxylic acids is 2. The lowest BCUT2D eigenvalue weighted by Gasteiger charge is -2.08. The van der Waals surface area contributed by atoms with Crippen LogP contribution >= 0.6 is 11.3 Å². The number of esters is 1. The van der Waals surface area contributed by atoms with Gasteiger partial charge < -0.3 is 4.74 Å². The van der Waals surface area contributed by atoms with Gasteiger partial charge in [-0.15, -0.1) is 11.3 Å². The van der Waals surface area contributed by atoms with Crippen LogP contribution in [0.5, 0.6) is 0 Å². The number of aldehydes is 1. The van der Waals surface area contributed by atoms with Crippen LogP contribution in [0.25, 0.3) is 21.6 Å². The van der Waals surface area contributed by atoms with E-state index in [0.29, 0.717) is 26.4 Å². The van der Waals surface area contributed by atoms with Crippen LogP contribution in [-0.2, 0) is 4.74 Å². The molecule has 3 nitrogen and oxygen atoms in total. The molecule has 0 atom stereocenters. The topological polar surface area (TPSA) is 43.4 Å². The summed E-state index contributed by atoms with van der Waals surface area (Å²) in [7, 11) is 0. The molecule has 126 valence electrons. The molecule has 0 bridgehead atoms. The Morgan fingerprint density at radius 2 is 1.84 bits per heavy atom. The number of carbonyl (C=O) groups is 2. The summed E-state index contributed by atoms with van der Waals surface area (Å²) in [6.45, 7) is 1.93. The van der Waals surface area contributed by atoms with E-state index >= 15 is 0 Å². The first-order valence-corrected chi connectivity index (χ1v) is 8.57. The average molecular weight is 354 g/mol. The van der Waals surface area contributed by atoms with E-state index in [1.807, 2.05) is 30.3 Å². The standard InChI is InChI=1S/C20H15FO3S/c1-2-24-20(23)18-17(13-7-4-3-5-8-13)16(12-22)25-19(18)14-9-6-10-15(21)11-14/h3-12H,2H2,1H3. The molecule has 2 aromatic carbocycles. The highest BCUT2D eigenvalue weighted by Crippen LogP contribution is 2.42. The van der Waals surface area contributed by atoms with Gasteiger partial charge in [0.05, 0.1) is 21.9 Å². The summed E-state index contributed by atoms with van der Waals surface area (Å²) >= 11 is 1.16. The Morgan fingerprint density at radius 3 is 2.48 bits per heavy atom. The van der Waals surface area contributed by atoms with Gasteiger partial charge in [-0.05, 0) is 30.2 Å². The molecule has 0 aliphatic carbocycles. The number of ether oxygens (including phenoxy) is 1. The second-order valence-electron chi connectivity index (χ2n) is 5.26. The first kappa shape index (κ1) is 17.0. The molecule has 3 rings (SSSR count). The van der Waals surface area contributed by atoms with Gasteiger partial charge >= 0.3 is 5.97 Å². The molecule has 3 aromatic rings. The van der Waals surface area contributed by atoms with Crippen molar-refractivity contribution in [2.24, 2.45) is 0 Å². The number of hydrogen-bond acceptors (Lipinski definition) is 4. The van der Waals surface area contributed by atoms with Crippen molar-refractivity contribution in [2.45, 2.75) is 6.92 Å². The number of hydrogen-bond donors (Lipinski definition) is 0. The summed E-state index contributed by atoms with van der Waals surface area (Å²) in [6, 6.07) is 15.1. The molecule has 0 amide bonds. The molecule has 0 aliphatic heterocycles. The first-order valence-electron chi connectivity index (χ1n) is 7.76. The molecule has 0 fully saturated rings. The molecule has 1 heterocycles. The summed E-state index contributed by atoms with van der Waals surface area (Å²) in [5.41, 5.74) is 2.11. The van der Waals surface area contributed by atoms with Crippen molar-refractivity contribution in [1.82, 2.24) is 0 Å². The molecular formula is C20H15FO3S. The monoisotopic (exact) mass is 354 g/mol. The van der Waals surface area contributed by atoms with E-state index in [0.717, 1.165) is 23.2 Å². The van der Waals surface area contributed by atoms with E-state index in [-0.39, 0.29) is 6.61 Å². The normalized spacial score (nSPS) is 10.5. The number of thiophene rings is 1. The summed E-state index contributed by atoms with van der Waals surface area (Å²) in [4.78, 5) is 25.2. The maximum Gasteiger partial charge on any atom is 0.340 e. The van der Waals surface area contributed by atoms with Crippen LogP contribution in [0.2, 0.25) is 0 Å². The minimum absolute atomic E-state index is 0.210.